The van der Waals surface area contributed by atoms with E-state index in [1.807, 2.05) is 49.4 Å². The Morgan fingerprint density at radius 3 is 2.43 bits per heavy atom. The number of nitrogens with one attached hydrogen (secondary N) is 2. The Balaban J connectivity index is 1.57. The predicted octanol–water partition coefficient (Wildman–Crippen LogP) is 4.15. The number of rotatable bonds is 7. The van der Waals surface area contributed by atoms with E-state index in [4.69, 9.17) is 0 Å². The second-order valence-corrected chi connectivity index (χ2v) is 9.14. The Bertz CT molecular complexity index is 1080. The molecule has 0 aliphatic heterocycles. The fourth-order valence-electron chi connectivity index (χ4n) is 3.02. The zero-order valence-electron chi connectivity index (χ0n) is 15.4. The lowest BCUT2D eigenvalue weighted by Gasteiger charge is -2.17. The zero-order chi connectivity index (χ0) is 20.1. The van der Waals surface area contributed by atoms with Gasteiger partial charge in [-0.05, 0) is 47.5 Å². The lowest BCUT2D eigenvalue weighted by atomic mass is 9.99. The largest absolute Gasteiger partial charge is 0.350 e. The van der Waals surface area contributed by atoms with Crippen LogP contribution in [0.25, 0.3) is 10.8 Å². The molecule has 5 nitrogen and oxygen atoms in total. The normalized spacial score (nSPS) is 12.6. The van der Waals surface area contributed by atoms with Gasteiger partial charge in [-0.25, -0.2) is 13.1 Å². The zero-order valence-corrected chi connectivity index (χ0v) is 17.8. The highest BCUT2D eigenvalue weighted by Gasteiger charge is 2.15. The van der Waals surface area contributed by atoms with E-state index < -0.39 is 10.0 Å². The molecule has 2 N–H and O–H groups in total. The first-order valence-corrected chi connectivity index (χ1v) is 11.2. The van der Waals surface area contributed by atoms with Gasteiger partial charge in [0.15, 0.2) is 0 Å². The van der Waals surface area contributed by atoms with Gasteiger partial charge in [-0.2, -0.15) is 0 Å². The molecule has 1 atom stereocenters. The highest BCUT2D eigenvalue weighted by Crippen LogP contribution is 2.24. The van der Waals surface area contributed by atoms with Crippen LogP contribution >= 0.6 is 15.9 Å². The third-order valence-corrected chi connectivity index (χ3v) is 6.44. The third-order valence-electron chi connectivity index (χ3n) is 4.44. The van der Waals surface area contributed by atoms with Gasteiger partial charge in [0.25, 0.3) is 0 Å². The molecular formula is C21H21BrN2O3S. The summed E-state index contributed by atoms with van der Waals surface area (Å²) in [5, 5.41) is 5.15. The first-order valence-electron chi connectivity index (χ1n) is 8.89. The molecule has 0 bridgehead atoms. The average Bonchev–Trinajstić information content (AvgIpc) is 2.67. The summed E-state index contributed by atoms with van der Waals surface area (Å²) in [6.07, 6.45) is 0.0604. The molecule has 0 saturated carbocycles. The lowest BCUT2D eigenvalue weighted by molar-refractivity contribution is -0.121. The number of carbonyl (C=O) groups excluding carboxylic acids is 1. The maximum atomic E-state index is 12.3. The summed E-state index contributed by atoms with van der Waals surface area (Å²) < 4.78 is 27.8. The molecule has 0 radical (unpaired) electrons. The Hall–Kier alpha value is -2.22. The van der Waals surface area contributed by atoms with Gasteiger partial charge in [0.05, 0.1) is 10.9 Å². The van der Waals surface area contributed by atoms with Gasteiger partial charge in [0, 0.05) is 17.4 Å². The van der Waals surface area contributed by atoms with Crippen LogP contribution in [0.1, 0.15) is 24.9 Å². The number of fused-ring (bicyclic) bond motifs is 1. The summed E-state index contributed by atoms with van der Waals surface area (Å²) in [7, 11) is -3.63. The van der Waals surface area contributed by atoms with E-state index in [1.165, 1.54) is 12.1 Å². The Labute approximate surface area is 173 Å². The number of benzene rings is 3. The smallest absolute Gasteiger partial charge is 0.240 e. The predicted molar refractivity (Wildman–Crippen MR) is 114 cm³/mol. The first-order chi connectivity index (χ1) is 13.4. The maximum absolute atomic E-state index is 12.3. The average molecular weight is 461 g/mol. The van der Waals surface area contributed by atoms with Gasteiger partial charge < -0.3 is 5.32 Å². The van der Waals surface area contributed by atoms with Crippen molar-refractivity contribution in [1.29, 1.82) is 0 Å². The topological polar surface area (TPSA) is 75.3 Å². The van der Waals surface area contributed by atoms with Gasteiger partial charge in [0.1, 0.15) is 0 Å². The number of hydrogen-bond donors (Lipinski definition) is 2. The Morgan fingerprint density at radius 1 is 1.00 bits per heavy atom. The molecule has 3 rings (SSSR count). The minimum absolute atomic E-state index is 0.0342. The van der Waals surface area contributed by atoms with Crippen LogP contribution in [0.3, 0.4) is 0 Å². The van der Waals surface area contributed by atoms with E-state index >= 15 is 0 Å². The van der Waals surface area contributed by atoms with E-state index in [-0.39, 0.29) is 29.8 Å². The molecule has 1 unspecified atom stereocenters. The Kier molecular flexibility index (Phi) is 6.49. The van der Waals surface area contributed by atoms with Crippen molar-refractivity contribution in [2.24, 2.45) is 0 Å². The van der Waals surface area contributed by atoms with Crippen molar-refractivity contribution in [1.82, 2.24) is 10.0 Å². The molecular weight excluding hydrogens is 440 g/mol. The van der Waals surface area contributed by atoms with Crippen molar-refractivity contribution < 1.29 is 13.2 Å². The molecule has 3 aromatic rings. The van der Waals surface area contributed by atoms with Crippen LogP contribution < -0.4 is 10.0 Å². The summed E-state index contributed by atoms with van der Waals surface area (Å²) in [5.41, 5.74) is 1.03. The van der Waals surface area contributed by atoms with E-state index in [0.29, 0.717) is 0 Å². The molecule has 146 valence electrons. The van der Waals surface area contributed by atoms with E-state index in [1.54, 1.807) is 12.1 Å². The van der Waals surface area contributed by atoms with Crippen molar-refractivity contribution in [3.8, 4) is 0 Å². The quantitative estimate of drug-likeness (QED) is 0.555. The lowest BCUT2D eigenvalue weighted by Crippen LogP contribution is -2.32. The molecule has 0 saturated heterocycles. The van der Waals surface area contributed by atoms with Crippen LogP contribution in [0.4, 0.5) is 0 Å². The monoisotopic (exact) mass is 460 g/mol. The highest BCUT2D eigenvalue weighted by atomic mass is 79.9. The summed E-state index contributed by atoms with van der Waals surface area (Å²) in [4.78, 5) is 12.4. The molecule has 0 aliphatic carbocycles. The van der Waals surface area contributed by atoms with E-state index in [9.17, 15) is 13.2 Å². The fraction of sp³-hybridized carbons (Fsp3) is 0.190. The number of amides is 1. The molecule has 1 amide bonds. The standard InChI is InChI=1S/C21H21BrN2O3S/c1-15(19-8-4-6-16-5-2-3-7-20(16)19)24-21(25)13-14-23-28(26,27)18-11-9-17(22)10-12-18/h2-12,15,23H,13-14H2,1H3,(H,24,25). The van der Waals surface area contributed by atoms with Crippen LogP contribution in [0.5, 0.6) is 0 Å². The van der Waals surface area contributed by atoms with E-state index in [0.717, 1.165) is 20.8 Å². The summed E-state index contributed by atoms with van der Waals surface area (Å²) >= 11 is 3.27. The summed E-state index contributed by atoms with van der Waals surface area (Å²) in [6.45, 7) is 1.96. The minimum atomic E-state index is -3.63. The number of hydrogen-bond acceptors (Lipinski definition) is 3. The molecule has 0 aromatic heterocycles. The highest BCUT2D eigenvalue weighted by molar-refractivity contribution is 9.10. The van der Waals surface area contributed by atoms with Gasteiger partial charge in [-0.15, -0.1) is 0 Å². The second kappa shape index (κ2) is 8.86. The number of sulfonamides is 1. The van der Waals surface area contributed by atoms with Crippen LogP contribution in [0.2, 0.25) is 0 Å². The third kappa shape index (κ3) is 4.98. The number of carbonyl (C=O) groups is 1. The molecule has 0 heterocycles. The van der Waals surface area contributed by atoms with Crippen molar-refractivity contribution >= 4 is 42.6 Å². The second-order valence-electron chi connectivity index (χ2n) is 6.46. The first kappa shape index (κ1) is 20.5. The summed E-state index contributed by atoms with van der Waals surface area (Å²) in [6, 6.07) is 20.2. The molecule has 0 aliphatic rings. The van der Waals surface area contributed by atoms with Crippen molar-refractivity contribution in [3.63, 3.8) is 0 Å². The van der Waals surface area contributed by atoms with Gasteiger partial charge in [-0.1, -0.05) is 58.4 Å². The molecule has 0 spiro atoms. The van der Waals surface area contributed by atoms with Gasteiger partial charge in [-0.3, -0.25) is 4.79 Å². The van der Waals surface area contributed by atoms with Crippen LogP contribution in [0.15, 0.2) is 76.1 Å². The molecule has 28 heavy (non-hydrogen) atoms. The molecule has 7 heteroatoms. The van der Waals surface area contributed by atoms with Crippen molar-refractivity contribution in [2.45, 2.75) is 24.3 Å². The van der Waals surface area contributed by atoms with Crippen molar-refractivity contribution in [3.05, 3.63) is 76.8 Å². The minimum Gasteiger partial charge on any atom is -0.350 e. The summed E-state index contributed by atoms with van der Waals surface area (Å²) in [5.74, 6) is -0.209. The molecule has 3 aromatic carbocycles. The van der Waals surface area contributed by atoms with Gasteiger partial charge >= 0.3 is 0 Å². The Morgan fingerprint density at radius 2 is 1.68 bits per heavy atom. The maximum Gasteiger partial charge on any atom is 0.240 e. The number of halogens is 1. The van der Waals surface area contributed by atoms with Crippen LogP contribution in [-0.4, -0.2) is 20.9 Å². The van der Waals surface area contributed by atoms with E-state index in [2.05, 4.69) is 26.0 Å². The molecule has 0 fully saturated rings. The fourth-order valence-corrected chi connectivity index (χ4v) is 4.31. The van der Waals surface area contributed by atoms with Crippen LogP contribution in [0, 0.1) is 0 Å². The SMILES string of the molecule is CC(NC(=O)CCNS(=O)(=O)c1ccc(Br)cc1)c1cccc2ccccc12. The van der Waals surface area contributed by atoms with Crippen molar-refractivity contribution in [2.75, 3.05) is 6.54 Å². The van der Waals surface area contributed by atoms with Crippen LogP contribution in [-0.2, 0) is 14.8 Å². The van der Waals surface area contributed by atoms with Gasteiger partial charge in [0.2, 0.25) is 15.9 Å².